The predicted octanol–water partition coefficient (Wildman–Crippen LogP) is 1.75. The Labute approximate surface area is 104 Å². The summed E-state index contributed by atoms with van der Waals surface area (Å²) in [4.78, 5) is 21.4. The zero-order chi connectivity index (χ0) is 14.2. The van der Waals surface area contributed by atoms with Crippen LogP contribution >= 0.6 is 0 Å². The maximum absolute atomic E-state index is 13.3. The van der Waals surface area contributed by atoms with Crippen LogP contribution in [0, 0.1) is 11.6 Å². The van der Waals surface area contributed by atoms with E-state index in [2.05, 4.69) is 10.2 Å². The van der Waals surface area contributed by atoms with E-state index in [-0.39, 0.29) is 17.0 Å². The van der Waals surface area contributed by atoms with Crippen LogP contribution in [0.15, 0.2) is 18.2 Å². The fraction of sp³-hybridized carbons (Fsp3) is 0. The van der Waals surface area contributed by atoms with Crippen molar-refractivity contribution in [2.45, 2.75) is 0 Å². The number of aromatic carboxylic acids is 2. The first-order valence-electron chi connectivity index (χ1n) is 4.91. The Kier molecular flexibility index (Phi) is 2.99. The maximum Gasteiger partial charge on any atom is 0.353 e. The van der Waals surface area contributed by atoms with Crippen molar-refractivity contribution in [2.24, 2.45) is 0 Å². The third-order valence-electron chi connectivity index (χ3n) is 2.36. The first kappa shape index (κ1) is 12.7. The lowest BCUT2D eigenvalue weighted by atomic mass is 10.1. The highest BCUT2D eigenvalue weighted by atomic mass is 19.2. The molecule has 3 N–H and O–H groups in total. The number of halogens is 2. The average molecular weight is 268 g/mol. The second-order valence-electron chi connectivity index (χ2n) is 3.60. The number of benzene rings is 1. The van der Waals surface area contributed by atoms with Crippen molar-refractivity contribution in [3.05, 3.63) is 41.1 Å². The average Bonchev–Trinajstić information content (AvgIpc) is 2.81. The van der Waals surface area contributed by atoms with Crippen molar-refractivity contribution in [1.29, 1.82) is 0 Å². The van der Waals surface area contributed by atoms with Crippen LogP contribution in [-0.4, -0.2) is 32.3 Å². The molecule has 2 aromatic rings. The Hall–Kier alpha value is -2.77. The molecule has 0 saturated carbocycles. The molecule has 98 valence electrons. The van der Waals surface area contributed by atoms with E-state index in [1.54, 1.807) is 0 Å². The quantitative estimate of drug-likeness (QED) is 0.786. The van der Waals surface area contributed by atoms with Crippen LogP contribution in [-0.2, 0) is 0 Å². The number of aromatic nitrogens is 2. The topological polar surface area (TPSA) is 103 Å². The molecule has 2 rings (SSSR count). The van der Waals surface area contributed by atoms with E-state index in [0.29, 0.717) is 0 Å². The summed E-state index contributed by atoms with van der Waals surface area (Å²) in [6, 6.07) is 2.70. The van der Waals surface area contributed by atoms with Gasteiger partial charge in [0.1, 0.15) is 5.69 Å². The van der Waals surface area contributed by atoms with Gasteiger partial charge in [-0.25, -0.2) is 18.4 Å². The number of H-pyrrole nitrogens is 1. The van der Waals surface area contributed by atoms with E-state index in [1.807, 2.05) is 0 Å². The van der Waals surface area contributed by atoms with Gasteiger partial charge in [0.05, 0.1) is 11.3 Å². The van der Waals surface area contributed by atoms with Crippen molar-refractivity contribution in [2.75, 3.05) is 0 Å². The Morgan fingerprint density at radius 1 is 1.11 bits per heavy atom. The van der Waals surface area contributed by atoms with Gasteiger partial charge in [0.15, 0.2) is 11.6 Å². The first-order chi connectivity index (χ1) is 8.90. The lowest BCUT2D eigenvalue weighted by Crippen LogP contribution is -2.03. The number of carboxylic acid groups (broad SMARTS) is 2. The molecule has 0 fully saturated rings. The van der Waals surface area contributed by atoms with Crippen LogP contribution in [0.2, 0.25) is 0 Å². The molecule has 0 aliphatic carbocycles. The molecule has 19 heavy (non-hydrogen) atoms. The number of nitrogens with zero attached hydrogens (tertiary/aromatic N) is 1. The van der Waals surface area contributed by atoms with Gasteiger partial charge < -0.3 is 10.2 Å². The molecule has 1 aromatic heterocycles. The Bertz CT molecular complexity index is 681. The smallest absolute Gasteiger partial charge is 0.353 e. The summed E-state index contributed by atoms with van der Waals surface area (Å²) < 4.78 is 26.5. The van der Waals surface area contributed by atoms with Gasteiger partial charge in [0.25, 0.3) is 0 Å². The molecule has 0 spiro atoms. The molecule has 0 atom stereocenters. The van der Waals surface area contributed by atoms with Crippen LogP contribution < -0.4 is 0 Å². The lowest BCUT2D eigenvalue weighted by molar-refractivity contribution is 0.0679. The van der Waals surface area contributed by atoms with Crippen molar-refractivity contribution < 1.29 is 28.6 Å². The van der Waals surface area contributed by atoms with Crippen LogP contribution in [0.1, 0.15) is 20.8 Å². The summed E-state index contributed by atoms with van der Waals surface area (Å²) in [6.45, 7) is 0. The summed E-state index contributed by atoms with van der Waals surface area (Å²) >= 11 is 0. The second kappa shape index (κ2) is 4.48. The number of hydrogen-bond donors (Lipinski definition) is 3. The maximum atomic E-state index is 13.3. The SMILES string of the molecule is O=C(O)c1cc(-c2cc(F)c(F)c(C(=O)O)c2)n[nH]1. The molecular formula is C11H6F2N2O4. The van der Waals surface area contributed by atoms with Gasteiger partial charge in [-0.2, -0.15) is 5.10 Å². The molecule has 0 saturated heterocycles. The number of carboxylic acids is 2. The lowest BCUT2D eigenvalue weighted by Gasteiger charge is -2.02. The van der Waals surface area contributed by atoms with E-state index >= 15 is 0 Å². The summed E-state index contributed by atoms with van der Waals surface area (Å²) in [5.41, 5.74) is -1.15. The first-order valence-corrected chi connectivity index (χ1v) is 4.91. The second-order valence-corrected chi connectivity index (χ2v) is 3.60. The van der Waals surface area contributed by atoms with Gasteiger partial charge in [-0.05, 0) is 18.2 Å². The van der Waals surface area contributed by atoms with Crippen molar-refractivity contribution in [3.63, 3.8) is 0 Å². The molecule has 0 unspecified atom stereocenters. The van der Waals surface area contributed by atoms with E-state index in [0.717, 1.165) is 18.2 Å². The van der Waals surface area contributed by atoms with Crippen LogP contribution in [0.3, 0.4) is 0 Å². The summed E-state index contributed by atoms with van der Waals surface area (Å²) in [5.74, 6) is -5.74. The van der Waals surface area contributed by atoms with Gasteiger partial charge >= 0.3 is 11.9 Å². The zero-order valence-electron chi connectivity index (χ0n) is 9.15. The minimum absolute atomic E-state index is 0.00111. The molecule has 1 aromatic carbocycles. The molecule has 8 heteroatoms. The van der Waals surface area contributed by atoms with E-state index in [9.17, 15) is 18.4 Å². The molecule has 0 bridgehead atoms. The van der Waals surface area contributed by atoms with Gasteiger partial charge in [-0.3, -0.25) is 5.10 Å². The van der Waals surface area contributed by atoms with Gasteiger partial charge in [-0.15, -0.1) is 0 Å². The standard InChI is InChI=1S/C11H6F2N2O4/c12-6-2-4(1-5(9(6)13)10(16)17)7-3-8(11(18)19)15-14-7/h1-3H,(H,14,15)(H,16,17)(H,18,19). The highest BCUT2D eigenvalue weighted by molar-refractivity contribution is 5.90. The third kappa shape index (κ3) is 2.28. The number of carbonyl (C=O) groups is 2. The summed E-state index contributed by atoms with van der Waals surface area (Å²) in [5, 5.41) is 23.2. The minimum Gasteiger partial charge on any atom is -0.478 e. The molecule has 0 aliphatic heterocycles. The van der Waals surface area contributed by atoms with E-state index < -0.39 is 29.1 Å². The zero-order valence-corrected chi connectivity index (χ0v) is 9.15. The highest BCUT2D eigenvalue weighted by Crippen LogP contribution is 2.23. The van der Waals surface area contributed by atoms with Crippen LogP contribution in [0.4, 0.5) is 8.78 Å². The number of rotatable bonds is 3. The fourth-order valence-corrected chi connectivity index (χ4v) is 1.47. The van der Waals surface area contributed by atoms with Crippen molar-refractivity contribution >= 4 is 11.9 Å². The largest absolute Gasteiger partial charge is 0.478 e. The summed E-state index contributed by atoms with van der Waals surface area (Å²) in [6.07, 6.45) is 0. The molecule has 1 heterocycles. The van der Waals surface area contributed by atoms with Gasteiger partial charge in [0, 0.05) is 5.56 Å². The molecular weight excluding hydrogens is 262 g/mol. The molecule has 0 aliphatic rings. The number of aromatic amines is 1. The van der Waals surface area contributed by atoms with Gasteiger partial charge in [0.2, 0.25) is 0 Å². The van der Waals surface area contributed by atoms with Crippen LogP contribution in [0.25, 0.3) is 11.3 Å². The van der Waals surface area contributed by atoms with E-state index in [4.69, 9.17) is 10.2 Å². The Balaban J connectivity index is 2.56. The Morgan fingerprint density at radius 2 is 1.79 bits per heavy atom. The van der Waals surface area contributed by atoms with Crippen molar-refractivity contribution in [3.8, 4) is 11.3 Å². The van der Waals surface area contributed by atoms with Crippen LogP contribution in [0.5, 0.6) is 0 Å². The molecule has 0 radical (unpaired) electrons. The Morgan fingerprint density at radius 3 is 2.32 bits per heavy atom. The monoisotopic (exact) mass is 268 g/mol. The molecule has 6 nitrogen and oxygen atoms in total. The van der Waals surface area contributed by atoms with Gasteiger partial charge in [-0.1, -0.05) is 0 Å². The normalized spacial score (nSPS) is 10.4. The predicted molar refractivity (Wildman–Crippen MR) is 57.9 cm³/mol. The molecule has 0 amide bonds. The van der Waals surface area contributed by atoms with E-state index in [1.165, 1.54) is 0 Å². The minimum atomic E-state index is -1.63. The summed E-state index contributed by atoms with van der Waals surface area (Å²) in [7, 11) is 0. The number of hydrogen-bond acceptors (Lipinski definition) is 3. The number of nitrogens with one attached hydrogen (secondary N) is 1. The fourth-order valence-electron chi connectivity index (χ4n) is 1.47. The third-order valence-corrected chi connectivity index (χ3v) is 2.36. The highest BCUT2D eigenvalue weighted by Gasteiger charge is 2.18. The van der Waals surface area contributed by atoms with Crippen molar-refractivity contribution in [1.82, 2.24) is 10.2 Å².